The lowest BCUT2D eigenvalue weighted by molar-refractivity contribution is -0.129. The highest BCUT2D eigenvalue weighted by atomic mass is 32.1. The molecule has 1 amide bonds. The largest absolute Gasteiger partial charge is 0.488 e. The van der Waals surface area contributed by atoms with E-state index in [1.165, 1.54) is 0 Å². The monoisotopic (exact) mass is 328 g/mol. The molecular formula is C18H20N2O2S. The minimum atomic E-state index is 0.212. The van der Waals surface area contributed by atoms with Crippen LogP contribution in [-0.2, 0) is 11.2 Å². The van der Waals surface area contributed by atoms with Gasteiger partial charge in [0.2, 0.25) is 5.91 Å². The van der Waals surface area contributed by atoms with E-state index in [1.54, 1.807) is 23.7 Å². The number of nitrogens with zero attached hydrogens (tertiary/aromatic N) is 2. The van der Waals surface area contributed by atoms with Gasteiger partial charge >= 0.3 is 0 Å². The molecule has 1 aliphatic carbocycles. The van der Waals surface area contributed by atoms with Crippen molar-refractivity contribution < 1.29 is 9.53 Å². The van der Waals surface area contributed by atoms with Crippen molar-refractivity contribution in [3.8, 4) is 5.75 Å². The number of carbonyl (C=O) groups is 1. The van der Waals surface area contributed by atoms with E-state index in [2.05, 4.69) is 4.98 Å². The van der Waals surface area contributed by atoms with Crippen molar-refractivity contribution in [1.29, 1.82) is 0 Å². The Labute approximate surface area is 140 Å². The van der Waals surface area contributed by atoms with Crippen molar-refractivity contribution in [3.05, 3.63) is 46.9 Å². The number of hydrogen-bond acceptors (Lipinski definition) is 4. The van der Waals surface area contributed by atoms with Gasteiger partial charge in [-0.3, -0.25) is 9.78 Å². The first-order valence-corrected chi connectivity index (χ1v) is 9.04. The van der Waals surface area contributed by atoms with E-state index in [0.29, 0.717) is 18.3 Å². The van der Waals surface area contributed by atoms with E-state index in [4.69, 9.17) is 4.74 Å². The van der Waals surface area contributed by atoms with Gasteiger partial charge in [-0.1, -0.05) is 6.07 Å². The number of thiophene rings is 1. The van der Waals surface area contributed by atoms with Crippen molar-refractivity contribution in [1.82, 2.24) is 9.88 Å². The van der Waals surface area contributed by atoms with E-state index in [-0.39, 0.29) is 12.0 Å². The van der Waals surface area contributed by atoms with Crippen LogP contribution in [0.2, 0.25) is 0 Å². The van der Waals surface area contributed by atoms with Gasteiger partial charge < -0.3 is 9.64 Å². The molecule has 1 saturated heterocycles. The lowest BCUT2D eigenvalue weighted by atomic mass is 9.99. The minimum absolute atomic E-state index is 0.212. The third kappa shape index (κ3) is 3.11. The second-order valence-electron chi connectivity index (χ2n) is 6.40. The maximum Gasteiger partial charge on any atom is 0.227 e. The van der Waals surface area contributed by atoms with Gasteiger partial charge in [-0.05, 0) is 42.3 Å². The second kappa shape index (κ2) is 6.32. The van der Waals surface area contributed by atoms with Crippen LogP contribution >= 0.6 is 11.3 Å². The molecule has 2 aromatic rings. The third-order valence-electron chi connectivity index (χ3n) is 4.97. The molecule has 4 rings (SSSR count). The molecule has 2 fully saturated rings. The molecule has 4 nitrogen and oxygen atoms in total. The maximum absolute atomic E-state index is 12.5. The first kappa shape index (κ1) is 14.7. The number of ether oxygens (including phenoxy) is 1. The molecule has 23 heavy (non-hydrogen) atoms. The normalized spacial score (nSPS) is 26.3. The first-order valence-electron chi connectivity index (χ1n) is 8.16. The highest BCUT2D eigenvalue weighted by Gasteiger charge is 2.45. The Morgan fingerprint density at radius 3 is 3.04 bits per heavy atom. The van der Waals surface area contributed by atoms with E-state index >= 15 is 0 Å². The molecule has 3 atom stereocenters. The van der Waals surface area contributed by atoms with Gasteiger partial charge in [0, 0.05) is 30.1 Å². The van der Waals surface area contributed by atoms with Crippen LogP contribution in [0.15, 0.2) is 42.0 Å². The molecule has 0 spiro atoms. The van der Waals surface area contributed by atoms with Gasteiger partial charge in [-0.2, -0.15) is 0 Å². The predicted octanol–water partition coefficient (Wildman–Crippen LogP) is 3.00. The summed E-state index contributed by atoms with van der Waals surface area (Å²) in [5, 5.41) is 2.03. The summed E-state index contributed by atoms with van der Waals surface area (Å²) in [5.41, 5.74) is 0. The zero-order chi connectivity index (χ0) is 15.6. The summed E-state index contributed by atoms with van der Waals surface area (Å²) in [7, 11) is 0. The Hall–Kier alpha value is -1.88. The molecule has 5 heteroatoms. The van der Waals surface area contributed by atoms with Gasteiger partial charge in [0.15, 0.2) is 0 Å². The predicted molar refractivity (Wildman–Crippen MR) is 89.5 cm³/mol. The standard InChI is InChI=1S/C18H20N2O2S/c21-18(9-15-4-2-8-23-15)20-11-13-5-6-17(16(13)12-20)22-14-3-1-7-19-10-14/h1-4,7-8,10,13,16-17H,5-6,9,11-12H2/t13-,16+,17-/m1/s1. The smallest absolute Gasteiger partial charge is 0.227 e. The summed E-state index contributed by atoms with van der Waals surface area (Å²) >= 11 is 1.65. The fourth-order valence-electron chi connectivity index (χ4n) is 3.83. The molecule has 1 saturated carbocycles. The van der Waals surface area contributed by atoms with E-state index in [1.807, 2.05) is 34.5 Å². The Morgan fingerprint density at radius 1 is 1.30 bits per heavy atom. The Morgan fingerprint density at radius 2 is 2.26 bits per heavy atom. The lowest BCUT2D eigenvalue weighted by Crippen LogP contribution is -2.33. The molecule has 0 aromatic carbocycles. The number of carbonyl (C=O) groups excluding carboxylic acids is 1. The van der Waals surface area contributed by atoms with Crippen LogP contribution < -0.4 is 4.74 Å². The highest BCUT2D eigenvalue weighted by molar-refractivity contribution is 7.10. The van der Waals surface area contributed by atoms with Crippen LogP contribution in [0.3, 0.4) is 0 Å². The van der Waals surface area contributed by atoms with Crippen LogP contribution in [0.4, 0.5) is 0 Å². The number of amides is 1. The summed E-state index contributed by atoms with van der Waals surface area (Å²) in [4.78, 5) is 19.8. The molecule has 2 aliphatic rings. The average Bonchev–Trinajstić information content (AvgIpc) is 3.27. The first-order chi connectivity index (χ1) is 11.3. The summed E-state index contributed by atoms with van der Waals surface area (Å²) in [5.74, 6) is 2.13. The SMILES string of the molecule is O=C(Cc1cccs1)N1C[C@H]2CC[C@@H](Oc3cccnc3)[C@H]2C1. The summed E-state index contributed by atoms with van der Waals surface area (Å²) in [6.07, 6.45) is 6.50. The quantitative estimate of drug-likeness (QED) is 0.866. The third-order valence-corrected chi connectivity index (χ3v) is 5.85. The molecule has 1 aliphatic heterocycles. The Kier molecular flexibility index (Phi) is 4.04. The van der Waals surface area contributed by atoms with E-state index in [0.717, 1.165) is 36.6 Å². The van der Waals surface area contributed by atoms with Crippen LogP contribution in [0.25, 0.3) is 0 Å². The Balaban J connectivity index is 1.38. The van der Waals surface area contributed by atoms with Crippen LogP contribution in [-0.4, -0.2) is 35.0 Å². The maximum atomic E-state index is 12.5. The van der Waals surface area contributed by atoms with Crippen LogP contribution in [0.1, 0.15) is 17.7 Å². The van der Waals surface area contributed by atoms with Crippen LogP contribution in [0.5, 0.6) is 5.75 Å². The van der Waals surface area contributed by atoms with Gasteiger partial charge in [0.1, 0.15) is 11.9 Å². The molecule has 0 unspecified atom stereocenters. The van der Waals surface area contributed by atoms with E-state index < -0.39 is 0 Å². The minimum Gasteiger partial charge on any atom is -0.488 e. The topological polar surface area (TPSA) is 42.4 Å². The number of aromatic nitrogens is 1. The Bertz CT molecular complexity index is 659. The summed E-state index contributed by atoms with van der Waals surface area (Å²) in [6, 6.07) is 7.89. The van der Waals surface area contributed by atoms with Gasteiger partial charge in [0.05, 0.1) is 12.6 Å². The summed E-state index contributed by atoms with van der Waals surface area (Å²) in [6.45, 7) is 1.72. The summed E-state index contributed by atoms with van der Waals surface area (Å²) < 4.78 is 6.12. The van der Waals surface area contributed by atoms with Crippen molar-refractivity contribution in [3.63, 3.8) is 0 Å². The average molecular weight is 328 g/mol. The van der Waals surface area contributed by atoms with E-state index in [9.17, 15) is 4.79 Å². The molecule has 2 aromatic heterocycles. The number of pyridine rings is 1. The van der Waals surface area contributed by atoms with Crippen molar-refractivity contribution >= 4 is 17.2 Å². The van der Waals surface area contributed by atoms with Crippen molar-refractivity contribution in [2.45, 2.75) is 25.4 Å². The van der Waals surface area contributed by atoms with Gasteiger partial charge in [-0.15, -0.1) is 11.3 Å². The van der Waals surface area contributed by atoms with Gasteiger partial charge in [0.25, 0.3) is 0 Å². The van der Waals surface area contributed by atoms with Crippen molar-refractivity contribution in [2.24, 2.45) is 11.8 Å². The lowest BCUT2D eigenvalue weighted by Gasteiger charge is -2.21. The molecule has 0 radical (unpaired) electrons. The fourth-order valence-corrected chi connectivity index (χ4v) is 4.53. The zero-order valence-electron chi connectivity index (χ0n) is 12.9. The van der Waals surface area contributed by atoms with Crippen LogP contribution in [0, 0.1) is 11.8 Å². The number of hydrogen-bond donors (Lipinski definition) is 0. The molecule has 0 N–H and O–H groups in total. The fraction of sp³-hybridized carbons (Fsp3) is 0.444. The second-order valence-corrected chi connectivity index (χ2v) is 7.43. The zero-order valence-corrected chi connectivity index (χ0v) is 13.7. The number of fused-ring (bicyclic) bond motifs is 1. The molecule has 0 bridgehead atoms. The number of rotatable bonds is 4. The molecule has 3 heterocycles. The highest BCUT2D eigenvalue weighted by Crippen LogP contribution is 2.40. The van der Waals surface area contributed by atoms with Gasteiger partial charge in [-0.25, -0.2) is 0 Å². The molecular weight excluding hydrogens is 308 g/mol. The molecule has 120 valence electrons. The van der Waals surface area contributed by atoms with Crippen molar-refractivity contribution in [2.75, 3.05) is 13.1 Å². The number of likely N-dealkylation sites (tertiary alicyclic amines) is 1.